The number of para-hydroxylation sites is 1. The first-order valence-electron chi connectivity index (χ1n) is 9.62. The smallest absolute Gasteiger partial charge is 0.408 e. The van der Waals surface area contributed by atoms with E-state index >= 15 is 0 Å². The van der Waals surface area contributed by atoms with Gasteiger partial charge in [-0.15, -0.1) is 0 Å². The molecule has 2 aromatic carbocycles. The van der Waals surface area contributed by atoms with Crippen molar-refractivity contribution < 1.29 is 28.6 Å². The number of alkyl carbamates (subject to hydrolysis) is 1. The van der Waals surface area contributed by atoms with Crippen LogP contribution in [0.2, 0.25) is 0 Å². The van der Waals surface area contributed by atoms with Gasteiger partial charge in [-0.05, 0) is 29.8 Å². The van der Waals surface area contributed by atoms with Crippen molar-refractivity contribution in [3.63, 3.8) is 0 Å². The predicted molar refractivity (Wildman–Crippen MR) is 114 cm³/mol. The van der Waals surface area contributed by atoms with Crippen molar-refractivity contribution in [1.29, 1.82) is 0 Å². The Kier molecular flexibility index (Phi) is 7.37. The monoisotopic (exact) mass is 436 g/mol. The van der Waals surface area contributed by atoms with Crippen molar-refractivity contribution in [3.05, 3.63) is 100 Å². The summed E-state index contributed by atoms with van der Waals surface area (Å²) in [6, 6.07) is 18.7. The van der Waals surface area contributed by atoms with Crippen molar-refractivity contribution in [3.8, 4) is 0 Å². The minimum atomic E-state index is -1.39. The molecule has 2 amide bonds. The van der Waals surface area contributed by atoms with Crippen LogP contribution in [-0.4, -0.2) is 29.1 Å². The fraction of sp³-hybridized carbons (Fsp3) is 0.130. The number of carbonyl (C=O) groups is 3. The number of ether oxygens (including phenoxy) is 1. The van der Waals surface area contributed by atoms with Crippen molar-refractivity contribution in [2.75, 3.05) is 5.32 Å². The Bertz CT molecular complexity index is 1140. The molecule has 9 heteroatoms. The van der Waals surface area contributed by atoms with E-state index < -0.39 is 35.4 Å². The molecule has 0 saturated heterocycles. The Balaban J connectivity index is 1.74. The first-order chi connectivity index (χ1) is 15.4. The van der Waals surface area contributed by atoms with Crippen LogP contribution in [0.4, 0.5) is 10.5 Å². The van der Waals surface area contributed by atoms with E-state index in [1.165, 1.54) is 6.07 Å². The van der Waals surface area contributed by atoms with Gasteiger partial charge in [-0.3, -0.25) is 4.79 Å². The molecule has 0 unspecified atom stereocenters. The summed E-state index contributed by atoms with van der Waals surface area (Å²) in [5, 5.41) is 14.0. The molecule has 3 aromatic rings. The standard InChI is InChI=1S/C23H20N2O7/c26-20(24-17-9-5-2-6-10-17)18(13-16-11-12-19(21(27)28)32-22(16)29)25-23(30)31-14-15-7-3-1-4-8-15/h1-12,18H,13-14H2,(H,24,26)(H,25,30)(H,27,28)/t18-/m0/s1. The van der Waals surface area contributed by atoms with E-state index in [0.717, 1.165) is 11.6 Å². The van der Waals surface area contributed by atoms with Gasteiger partial charge >= 0.3 is 17.7 Å². The molecule has 3 N–H and O–H groups in total. The maximum Gasteiger partial charge on any atom is 0.408 e. The lowest BCUT2D eigenvalue weighted by molar-refractivity contribution is -0.118. The zero-order chi connectivity index (χ0) is 22.9. The van der Waals surface area contributed by atoms with E-state index in [4.69, 9.17) is 14.3 Å². The Morgan fingerprint density at radius 1 is 0.938 bits per heavy atom. The van der Waals surface area contributed by atoms with Gasteiger partial charge in [-0.2, -0.15) is 0 Å². The number of anilines is 1. The average molecular weight is 436 g/mol. The molecule has 9 nitrogen and oxygen atoms in total. The second-order valence-corrected chi connectivity index (χ2v) is 6.74. The van der Waals surface area contributed by atoms with E-state index in [1.54, 1.807) is 54.6 Å². The van der Waals surface area contributed by atoms with Gasteiger partial charge in [0.25, 0.3) is 0 Å². The fourth-order valence-electron chi connectivity index (χ4n) is 2.80. The van der Waals surface area contributed by atoms with E-state index in [0.29, 0.717) is 5.69 Å². The van der Waals surface area contributed by atoms with Crippen LogP contribution in [0.25, 0.3) is 0 Å². The topological polar surface area (TPSA) is 135 Å². The highest BCUT2D eigenvalue weighted by molar-refractivity contribution is 5.96. The SMILES string of the molecule is O=C(N[C@@H](Cc1ccc(C(=O)O)oc1=O)C(=O)Nc1ccccc1)OCc1ccccc1. The van der Waals surface area contributed by atoms with Gasteiger partial charge in [-0.25, -0.2) is 14.4 Å². The van der Waals surface area contributed by atoms with E-state index in [-0.39, 0.29) is 18.6 Å². The molecule has 164 valence electrons. The van der Waals surface area contributed by atoms with Gasteiger partial charge in [0.2, 0.25) is 11.7 Å². The second-order valence-electron chi connectivity index (χ2n) is 6.74. The molecule has 1 heterocycles. The van der Waals surface area contributed by atoms with Gasteiger partial charge in [0.05, 0.1) is 0 Å². The number of carbonyl (C=O) groups excluding carboxylic acids is 2. The van der Waals surface area contributed by atoms with Crippen LogP contribution in [-0.2, 0) is 22.6 Å². The van der Waals surface area contributed by atoms with Gasteiger partial charge < -0.3 is 24.9 Å². The highest BCUT2D eigenvalue weighted by Crippen LogP contribution is 2.09. The highest BCUT2D eigenvalue weighted by atomic mass is 16.5. The van der Waals surface area contributed by atoms with E-state index in [9.17, 15) is 19.2 Å². The molecule has 3 rings (SSSR count). The quantitative estimate of drug-likeness (QED) is 0.494. The maximum atomic E-state index is 12.8. The van der Waals surface area contributed by atoms with Crippen LogP contribution < -0.4 is 16.3 Å². The zero-order valence-electron chi connectivity index (χ0n) is 16.8. The highest BCUT2D eigenvalue weighted by Gasteiger charge is 2.24. The number of carboxylic acid groups (broad SMARTS) is 1. The minimum absolute atomic E-state index is 0.00482. The Hall–Kier alpha value is -4.40. The lowest BCUT2D eigenvalue weighted by Crippen LogP contribution is -2.46. The molecule has 0 aliphatic heterocycles. The summed E-state index contributed by atoms with van der Waals surface area (Å²) in [4.78, 5) is 48.2. The number of rotatable bonds is 8. The number of benzene rings is 2. The van der Waals surface area contributed by atoms with Gasteiger partial charge in [0.1, 0.15) is 12.6 Å². The molecule has 0 bridgehead atoms. The largest absolute Gasteiger partial charge is 0.475 e. The van der Waals surface area contributed by atoms with Crippen LogP contribution in [0.1, 0.15) is 21.7 Å². The molecule has 1 atom stereocenters. The lowest BCUT2D eigenvalue weighted by atomic mass is 10.1. The molecular weight excluding hydrogens is 416 g/mol. The molecule has 0 saturated carbocycles. The van der Waals surface area contributed by atoms with Crippen molar-refractivity contribution >= 4 is 23.7 Å². The van der Waals surface area contributed by atoms with Crippen LogP contribution in [0.15, 0.2) is 82.0 Å². The summed E-state index contributed by atoms with van der Waals surface area (Å²) in [6.45, 7) is -0.00482. The number of aromatic carboxylic acids is 1. The molecule has 0 aliphatic rings. The summed E-state index contributed by atoms with van der Waals surface area (Å²) < 4.78 is 9.92. The molecule has 0 aliphatic carbocycles. The fourth-order valence-corrected chi connectivity index (χ4v) is 2.80. The normalized spacial score (nSPS) is 11.2. The molecular formula is C23H20N2O7. The van der Waals surface area contributed by atoms with Crippen molar-refractivity contribution in [1.82, 2.24) is 5.32 Å². The van der Waals surface area contributed by atoms with Crippen LogP contribution >= 0.6 is 0 Å². The Morgan fingerprint density at radius 2 is 1.59 bits per heavy atom. The van der Waals surface area contributed by atoms with E-state index in [2.05, 4.69) is 10.6 Å². The zero-order valence-corrected chi connectivity index (χ0v) is 16.8. The van der Waals surface area contributed by atoms with Crippen molar-refractivity contribution in [2.24, 2.45) is 0 Å². The summed E-state index contributed by atoms with van der Waals surface area (Å²) in [6.07, 6.45) is -1.09. The van der Waals surface area contributed by atoms with Crippen LogP contribution in [0, 0.1) is 0 Å². The van der Waals surface area contributed by atoms with Crippen molar-refractivity contribution in [2.45, 2.75) is 19.1 Å². The minimum Gasteiger partial charge on any atom is -0.475 e. The number of hydrogen-bond acceptors (Lipinski definition) is 6. The third kappa shape index (κ3) is 6.30. The Morgan fingerprint density at radius 3 is 2.22 bits per heavy atom. The maximum absolute atomic E-state index is 12.8. The van der Waals surface area contributed by atoms with E-state index in [1.807, 2.05) is 6.07 Å². The number of carboxylic acids is 1. The Labute approximate surface area is 182 Å². The average Bonchev–Trinajstić information content (AvgIpc) is 2.79. The lowest BCUT2D eigenvalue weighted by Gasteiger charge is -2.18. The third-order valence-corrected chi connectivity index (χ3v) is 4.40. The number of hydrogen-bond donors (Lipinski definition) is 3. The molecule has 0 radical (unpaired) electrons. The van der Waals surface area contributed by atoms with Gasteiger partial charge in [0.15, 0.2) is 0 Å². The summed E-state index contributed by atoms with van der Waals surface area (Å²) in [7, 11) is 0. The molecule has 32 heavy (non-hydrogen) atoms. The van der Waals surface area contributed by atoms with Crippen LogP contribution in [0.3, 0.4) is 0 Å². The predicted octanol–water partition coefficient (Wildman–Crippen LogP) is 2.81. The number of amides is 2. The van der Waals surface area contributed by atoms with Gasteiger partial charge in [-0.1, -0.05) is 48.5 Å². The summed E-state index contributed by atoms with van der Waals surface area (Å²) in [5.41, 5.74) is 0.362. The molecule has 0 spiro atoms. The summed E-state index contributed by atoms with van der Waals surface area (Å²) in [5.74, 6) is -2.51. The first kappa shape index (κ1) is 22.3. The molecule has 0 fully saturated rings. The molecule has 1 aromatic heterocycles. The summed E-state index contributed by atoms with van der Waals surface area (Å²) >= 11 is 0. The van der Waals surface area contributed by atoms with Crippen LogP contribution in [0.5, 0.6) is 0 Å². The third-order valence-electron chi connectivity index (χ3n) is 4.40. The first-order valence-corrected chi connectivity index (χ1v) is 9.62. The number of nitrogens with one attached hydrogen (secondary N) is 2. The van der Waals surface area contributed by atoms with Gasteiger partial charge in [0, 0.05) is 17.7 Å². The second kappa shape index (κ2) is 10.6.